The van der Waals surface area contributed by atoms with Crippen molar-refractivity contribution in [1.29, 1.82) is 0 Å². The van der Waals surface area contributed by atoms with Crippen molar-refractivity contribution in [3.8, 4) is 0 Å². The van der Waals surface area contributed by atoms with Crippen LogP contribution in [0.2, 0.25) is 0 Å². The summed E-state index contributed by atoms with van der Waals surface area (Å²) >= 11 is 0. The van der Waals surface area contributed by atoms with Crippen LogP contribution in [0.15, 0.2) is 12.2 Å². The molecule has 0 aliphatic carbocycles. The van der Waals surface area contributed by atoms with Gasteiger partial charge in [-0.1, -0.05) is 6.58 Å². The van der Waals surface area contributed by atoms with E-state index in [4.69, 9.17) is 0 Å². The molecule has 2 nitrogen and oxygen atoms in total. The molecule has 1 amide bonds. The summed E-state index contributed by atoms with van der Waals surface area (Å²) in [5, 5.41) is 1.69. The maximum atomic E-state index is 13.6. The minimum absolute atomic E-state index is 0.276. The fourth-order valence-corrected chi connectivity index (χ4v) is 2.02. The second-order valence-corrected chi connectivity index (χ2v) is 6.79. The van der Waals surface area contributed by atoms with E-state index in [0.29, 0.717) is 0 Å². The Hall–Kier alpha value is -1.98. The molecular formula is C15H12F17NO. The fraction of sp³-hybridized carbons (Fsp3) is 0.800. The third-order valence-electron chi connectivity index (χ3n) is 4.13. The van der Waals surface area contributed by atoms with Crippen LogP contribution in [0.4, 0.5) is 74.6 Å². The highest BCUT2D eigenvalue weighted by Gasteiger charge is 2.95. The fourth-order valence-electron chi connectivity index (χ4n) is 2.02. The summed E-state index contributed by atoms with van der Waals surface area (Å²) in [6, 6.07) is 0. The summed E-state index contributed by atoms with van der Waals surface area (Å²) in [4.78, 5) is 11.0. The lowest BCUT2D eigenvalue weighted by atomic mass is 9.88. The largest absolute Gasteiger partial charge is 0.460 e. The summed E-state index contributed by atoms with van der Waals surface area (Å²) < 4.78 is 222. The third-order valence-corrected chi connectivity index (χ3v) is 4.13. The minimum Gasteiger partial charge on any atom is -0.352 e. The van der Waals surface area contributed by atoms with E-state index in [2.05, 4.69) is 6.58 Å². The van der Waals surface area contributed by atoms with E-state index in [-0.39, 0.29) is 5.57 Å². The van der Waals surface area contributed by atoms with Crippen LogP contribution in [0.5, 0.6) is 0 Å². The highest BCUT2D eigenvalue weighted by molar-refractivity contribution is 5.91. The van der Waals surface area contributed by atoms with E-state index < -0.39 is 72.9 Å². The van der Waals surface area contributed by atoms with Crippen LogP contribution in [0.25, 0.3) is 0 Å². The molecule has 0 aromatic heterocycles. The van der Waals surface area contributed by atoms with Gasteiger partial charge in [-0.2, -0.15) is 74.6 Å². The molecule has 0 aromatic rings. The standard InChI is InChI=1S/C15H12F17NO/c1-6(2)7(34)33-5-3-4-8(16,17)9(18,19)10(20,21)11(22,23)12(24,25)13(26,27)14(28,29)15(30,31)32/h1,3-5H2,2H3,(H,33,34). The maximum absolute atomic E-state index is 13.6. The average Bonchev–Trinajstić information content (AvgIpc) is 2.62. The molecule has 0 aliphatic heterocycles. The molecule has 0 spiro atoms. The van der Waals surface area contributed by atoms with Crippen molar-refractivity contribution >= 4 is 5.91 Å². The molecule has 0 saturated heterocycles. The van der Waals surface area contributed by atoms with Gasteiger partial charge in [0.25, 0.3) is 0 Å². The molecular weight excluding hydrogens is 533 g/mol. The first-order chi connectivity index (χ1) is 14.6. The number of rotatable bonds is 11. The Morgan fingerprint density at radius 2 is 0.941 bits per heavy atom. The van der Waals surface area contributed by atoms with Crippen molar-refractivity contribution in [3.63, 3.8) is 0 Å². The second kappa shape index (κ2) is 8.91. The Morgan fingerprint density at radius 1 is 0.618 bits per heavy atom. The van der Waals surface area contributed by atoms with Gasteiger partial charge in [-0.25, -0.2) is 0 Å². The van der Waals surface area contributed by atoms with Gasteiger partial charge in [0.1, 0.15) is 0 Å². The lowest BCUT2D eigenvalue weighted by Gasteiger charge is -2.42. The maximum Gasteiger partial charge on any atom is 0.460 e. The predicted molar refractivity (Wildman–Crippen MR) is 77.7 cm³/mol. The molecule has 0 saturated carbocycles. The van der Waals surface area contributed by atoms with Crippen LogP contribution in [0.1, 0.15) is 19.8 Å². The van der Waals surface area contributed by atoms with Gasteiger partial charge in [-0.15, -0.1) is 0 Å². The first kappa shape index (κ1) is 32.0. The number of carbonyl (C=O) groups is 1. The first-order valence-electron chi connectivity index (χ1n) is 8.23. The Balaban J connectivity index is 6.20. The molecule has 0 bridgehead atoms. The number of nitrogens with one attached hydrogen (secondary N) is 1. The molecule has 0 radical (unpaired) electrons. The summed E-state index contributed by atoms with van der Waals surface area (Å²) in [6.07, 6.45) is -11.8. The number of amides is 1. The van der Waals surface area contributed by atoms with Gasteiger partial charge in [0.2, 0.25) is 5.91 Å². The summed E-state index contributed by atoms with van der Waals surface area (Å²) in [6.45, 7) is 3.06. The van der Waals surface area contributed by atoms with Crippen molar-refractivity contribution in [1.82, 2.24) is 5.32 Å². The number of alkyl halides is 17. The lowest BCUT2D eigenvalue weighted by molar-refractivity contribution is -0.461. The Labute approximate surface area is 178 Å². The molecule has 0 heterocycles. The summed E-state index contributed by atoms with van der Waals surface area (Å²) in [5.74, 6) is -57.5. The Kier molecular flexibility index (Phi) is 8.39. The van der Waals surface area contributed by atoms with Crippen molar-refractivity contribution in [2.75, 3.05) is 6.54 Å². The number of carbonyl (C=O) groups excluding carboxylic acids is 1. The van der Waals surface area contributed by atoms with Crippen molar-refractivity contribution < 1.29 is 79.4 Å². The lowest BCUT2D eigenvalue weighted by Crippen LogP contribution is -2.74. The van der Waals surface area contributed by atoms with Gasteiger partial charge < -0.3 is 5.32 Å². The monoisotopic (exact) mass is 545 g/mol. The van der Waals surface area contributed by atoms with Crippen LogP contribution in [0, 0.1) is 0 Å². The number of hydrogen-bond donors (Lipinski definition) is 1. The van der Waals surface area contributed by atoms with E-state index in [1.54, 1.807) is 5.32 Å². The zero-order chi connectivity index (χ0) is 28.0. The van der Waals surface area contributed by atoms with Gasteiger partial charge in [0.05, 0.1) is 0 Å². The topological polar surface area (TPSA) is 29.1 Å². The zero-order valence-corrected chi connectivity index (χ0v) is 16.2. The minimum atomic E-state index is -8.64. The van der Waals surface area contributed by atoms with E-state index in [9.17, 15) is 79.4 Å². The number of halogens is 17. The molecule has 1 N–H and O–H groups in total. The van der Waals surface area contributed by atoms with Crippen LogP contribution in [-0.2, 0) is 4.79 Å². The molecule has 0 aromatic carbocycles. The Bertz CT molecular complexity index is 767. The van der Waals surface area contributed by atoms with Gasteiger partial charge in [-0.3, -0.25) is 4.79 Å². The van der Waals surface area contributed by atoms with Gasteiger partial charge in [-0.05, 0) is 13.3 Å². The molecule has 19 heteroatoms. The number of hydrogen-bond acceptors (Lipinski definition) is 1. The quantitative estimate of drug-likeness (QED) is 0.180. The summed E-state index contributed by atoms with van der Waals surface area (Å²) in [7, 11) is 0. The molecule has 34 heavy (non-hydrogen) atoms. The molecule has 0 fully saturated rings. The Morgan fingerprint density at radius 3 is 1.26 bits per heavy atom. The van der Waals surface area contributed by atoms with Crippen molar-refractivity contribution in [3.05, 3.63) is 12.2 Å². The summed E-state index contributed by atoms with van der Waals surface area (Å²) in [5.41, 5.74) is -0.276. The van der Waals surface area contributed by atoms with Crippen LogP contribution in [-0.4, -0.2) is 60.1 Å². The molecule has 202 valence electrons. The van der Waals surface area contributed by atoms with Gasteiger partial charge in [0, 0.05) is 18.5 Å². The second-order valence-electron chi connectivity index (χ2n) is 6.79. The van der Waals surface area contributed by atoms with Crippen molar-refractivity contribution in [2.24, 2.45) is 0 Å². The zero-order valence-electron chi connectivity index (χ0n) is 16.2. The van der Waals surface area contributed by atoms with E-state index in [1.165, 1.54) is 0 Å². The van der Waals surface area contributed by atoms with Gasteiger partial charge in [0.15, 0.2) is 0 Å². The predicted octanol–water partition coefficient (Wildman–Crippen LogP) is 6.47. The van der Waals surface area contributed by atoms with Gasteiger partial charge >= 0.3 is 47.6 Å². The molecule has 0 unspecified atom stereocenters. The molecule has 0 rings (SSSR count). The molecule has 0 atom stereocenters. The van der Waals surface area contributed by atoms with Crippen LogP contribution < -0.4 is 5.32 Å². The van der Waals surface area contributed by atoms with E-state index in [1.807, 2.05) is 0 Å². The van der Waals surface area contributed by atoms with Crippen LogP contribution >= 0.6 is 0 Å². The van der Waals surface area contributed by atoms with E-state index >= 15 is 0 Å². The normalized spacial score (nSPS) is 15.4. The smallest absolute Gasteiger partial charge is 0.352 e. The first-order valence-corrected chi connectivity index (χ1v) is 8.23. The van der Waals surface area contributed by atoms with E-state index in [0.717, 1.165) is 6.92 Å². The van der Waals surface area contributed by atoms with Crippen LogP contribution in [0.3, 0.4) is 0 Å². The molecule has 0 aliphatic rings. The highest BCUT2D eigenvalue weighted by atomic mass is 19.4. The highest BCUT2D eigenvalue weighted by Crippen LogP contribution is 2.64. The van der Waals surface area contributed by atoms with Crippen molar-refractivity contribution in [2.45, 2.75) is 67.4 Å². The SMILES string of the molecule is C=C(C)C(=O)NCCCC(F)(F)C(F)(F)C(F)(F)C(F)(F)C(F)(F)C(F)(F)C(F)(F)C(F)(F)F. The average molecular weight is 545 g/mol. The third kappa shape index (κ3) is 4.74.